The third kappa shape index (κ3) is 2.54. The molecule has 0 aliphatic heterocycles. The van der Waals surface area contributed by atoms with Gasteiger partial charge in [0.15, 0.2) is 5.69 Å². The summed E-state index contributed by atoms with van der Waals surface area (Å²) in [6.45, 7) is 8.10. The van der Waals surface area contributed by atoms with E-state index in [-0.39, 0.29) is 11.6 Å². The van der Waals surface area contributed by atoms with E-state index < -0.39 is 5.97 Å². The second-order valence-electron chi connectivity index (χ2n) is 4.94. The van der Waals surface area contributed by atoms with Crippen LogP contribution in [0.3, 0.4) is 0 Å². The van der Waals surface area contributed by atoms with E-state index in [1.165, 1.54) is 11.3 Å². The van der Waals surface area contributed by atoms with Gasteiger partial charge in [-0.25, -0.2) is 9.78 Å². The molecule has 3 nitrogen and oxygen atoms in total. The number of carboxylic acids is 1. The van der Waals surface area contributed by atoms with Gasteiger partial charge in [-0.3, -0.25) is 0 Å². The van der Waals surface area contributed by atoms with Gasteiger partial charge in [0.25, 0.3) is 0 Å². The van der Waals surface area contributed by atoms with Gasteiger partial charge in [-0.05, 0) is 30.5 Å². The van der Waals surface area contributed by atoms with Crippen molar-refractivity contribution >= 4 is 17.3 Å². The van der Waals surface area contributed by atoms with Crippen LogP contribution in [0.1, 0.15) is 46.4 Å². The zero-order valence-corrected chi connectivity index (χ0v) is 12.3. The lowest BCUT2D eigenvalue weighted by molar-refractivity contribution is 0.0692. The van der Waals surface area contributed by atoms with Gasteiger partial charge >= 0.3 is 5.97 Å². The van der Waals surface area contributed by atoms with Gasteiger partial charge in [0.2, 0.25) is 0 Å². The van der Waals surface area contributed by atoms with Crippen molar-refractivity contribution in [2.24, 2.45) is 0 Å². The first-order chi connectivity index (χ1) is 8.91. The Bertz CT molecular complexity index is 629. The Labute approximate surface area is 116 Å². The van der Waals surface area contributed by atoms with Crippen LogP contribution >= 0.6 is 11.3 Å². The fraction of sp³-hybridized carbons (Fsp3) is 0.333. The Morgan fingerprint density at radius 1 is 1.32 bits per heavy atom. The number of carbonyl (C=O) groups is 1. The van der Waals surface area contributed by atoms with Crippen LogP contribution in [0.5, 0.6) is 0 Å². The number of aromatic nitrogens is 1. The number of nitrogens with zero attached hydrogens (tertiary/aromatic N) is 1. The molecule has 0 saturated heterocycles. The lowest BCUT2D eigenvalue weighted by Crippen LogP contribution is -2.00. The van der Waals surface area contributed by atoms with Gasteiger partial charge in [-0.2, -0.15) is 0 Å². The molecule has 1 heterocycles. The highest BCUT2D eigenvalue weighted by atomic mass is 32.1. The Hall–Kier alpha value is -1.68. The molecule has 0 atom stereocenters. The summed E-state index contributed by atoms with van der Waals surface area (Å²) in [6.07, 6.45) is 0. The summed E-state index contributed by atoms with van der Waals surface area (Å²) < 4.78 is 0. The molecule has 1 N–H and O–H groups in total. The van der Waals surface area contributed by atoms with Crippen LogP contribution in [-0.2, 0) is 0 Å². The van der Waals surface area contributed by atoms with E-state index in [0.29, 0.717) is 0 Å². The Morgan fingerprint density at radius 2 is 2.00 bits per heavy atom. The number of benzene rings is 1. The van der Waals surface area contributed by atoms with Gasteiger partial charge < -0.3 is 5.11 Å². The molecule has 1 aromatic heterocycles. The van der Waals surface area contributed by atoms with Gasteiger partial charge in [0.1, 0.15) is 0 Å². The minimum atomic E-state index is -0.959. The summed E-state index contributed by atoms with van der Waals surface area (Å²) in [5.74, 6) is -0.721. The van der Waals surface area contributed by atoms with E-state index in [0.717, 1.165) is 26.6 Å². The monoisotopic (exact) mass is 275 g/mol. The number of aromatic carboxylic acids is 1. The maximum absolute atomic E-state index is 11.4. The zero-order valence-electron chi connectivity index (χ0n) is 11.5. The molecule has 0 bridgehead atoms. The third-order valence-corrected chi connectivity index (χ3v) is 4.58. The smallest absolute Gasteiger partial charge is 0.356 e. The molecule has 0 aliphatic rings. The fourth-order valence-corrected chi connectivity index (χ4v) is 3.05. The van der Waals surface area contributed by atoms with Crippen molar-refractivity contribution < 1.29 is 9.90 Å². The molecule has 0 amide bonds. The van der Waals surface area contributed by atoms with Gasteiger partial charge in [0, 0.05) is 5.92 Å². The summed E-state index contributed by atoms with van der Waals surface area (Å²) in [5, 5.41) is 10.2. The van der Waals surface area contributed by atoms with Crippen LogP contribution in [0.25, 0.3) is 10.4 Å². The normalized spacial score (nSPS) is 11.0. The number of hydrogen-bond acceptors (Lipinski definition) is 3. The molecule has 1 aromatic carbocycles. The van der Waals surface area contributed by atoms with Crippen molar-refractivity contribution in [3.63, 3.8) is 0 Å². The summed E-state index contributed by atoms with van der Waals surface area (Å²) in [7, 11) is 0. The largest absolute Gasteiger partial charge is 0.476 e. The summed E-state index contributed by atoms with van der Waals surface area (Å²) in [5.41, 5.74) is 3.42. The second kappa shape index (κ2) is 5.13. The molecule has 0 spiro atoms. The quantitative estimate of drug-likeness (QED) is 0.911. The molecule has 0 unspecified atom stereocenters. The molecule has 0 radical (unpaired) electrons. The molecule has 0 aliphatic carbocycles. The fourth-order valence-electron chi connectivity index (χ4n) is 1.91. The Balaban J connectivity index is 2.67. The summed E-state index contributed by atoms with van der Waals surface area (Å²) >= 11 is 1.48. The van der Waals surface area contributed by atoms with Crippen molar-refractivity contribution in [3.8, 4) is 10.4 Å². The van der Waals surface area contributed by atoms with E-state index in [4.69, 9.17) is 0 Å². The minimum Gasteiger partial charge on any atom is -0.476 e. The van der Waals surface area contributed by atoms with E-state index >= 15 is 0 Å². The third-order valence-electron chi connectivity index (χ3n) is 3.19. The summed E-state index contributed by atoms with van der Waals surface area (Å²) in [4.78, 5) is 16.4. The predicted molar refractivity (Wildman–Crippen MR) is 78.1 cm³/mol. The SMILES string of the molecule is Cc1cccc(-c2sc(C(C)C)nc2C(=O)O)c1C. The maximum atomic E-state index is 11.4. The molecule has 19 heavy (non-hydrogen) atoms. The molecular formula is C15H17NO2S. The topological polar surface area (TPSA) is 50.2 Å². The van der Waals surface area contributed by atoms with Crippen LogP contribution in [0.4, 0.5) is 0 Å². The number of aryl methyl sites for hydroxylation is 1. The highest BCUT2D eigenvalue weighted by Gasteiger charge is 2.21. The van der Waals surface area contributed by atoms with Crippen LogP contribution < -0.4 is 0 Å². The van der Waals surface area contributed by atoms with Crippen molar-refractivity contribution in [2.75, 3.05) is 0 Å². The first-order valence-electron chi connectivity index (χ1n) is 6.22. The Morgan fingerprint density at radius 3 is 2.58 bits per heavy atom. The van der Waals surface area contributed by atoms with Crippen LogP contribution in [0.2, 0.25) is 0 Å². The van der Waals surface area contributed by atoms with Gasteiger partial charge in [0.05, 0.1) is 9.88 Å². The number of carboxylic acid groups (broad SMARTS) is 1. The number of hydrogen-bond donors (Lipinski definition) is 1. The standard InChI is InChI=1S/C15H17NO2S/c1-8(2)14-16-12(15(17)18)13(19-14)11-7-5-6-9(3)10(11)4/h5-8H,1-4H3,(H,17,18). The van der Waals surface area contributed by atoms with Crippen LogP contribution in [-0.4, -0.2) is 16.1 Å². The van der Waals surface area contributed by atoms with Crippen LogP contribution in [0.15, 0.2) is 18.2 Å². The van der Waals surface area contributed by atoms with Crippen molar-refractivity contribution in [1.82, 2.24) is 4.98 Å². The summed E-state index contributed by atoms with van der Waals surface area (Å²) in [6, 6.07) is 5.95. The molecule has 0 fully saturated rings. The lowest BCUT2D eigenvalue weighted by Gasteiger charge is -2.06. The Kier molecular flexibility index (Phi) is 3.71. The van der Waals surface area contributed by atoms with Crippen LogP contribution in [0, 0.1) is 13.8 Å². The van der Waals surface area contributed by atoms with Crippen molar-refractivity contribution in [3.05, 3.63) is 40.0 Å². The molecule has 100 valence electrons. The average Bonchev–Trinajstić information content (AvgIpc) is 2.77. The minimum absolute atomic E-state index is 0.169. The molecule has 0 saturated carbocycles. The second-order valence-corrected chi connectivity index (χ2v) is 5.97. The van der Waals surface area contributed by atoms with E-state index in [1.54, 1.807) is 0 Å². The van der Waals surface area contributed by atoms with Crippen molar-refractivity contribution in [1.29, 1.82) is 0 Å². The van der Waals surface area contributed by atoms with E-state index in [1.807, 2.05) is 45.9 Å². The highest BCUT2D eigenvalue weighted by molar-refractivity contribution is 7.15. The highest BCUT2D eigenvalue weighted by Crippen LogP contribution is 2.36. The van der Waals surface area contributed by atoms with E-state index in [9.17, 15) is 9.90 Å². The van der Waals surface area contributed by atoms with E-state index in [2.05, 4.69) is 4.98 Å². The number of thiazole rings is 1. The first kappa shape index (κ1) is 13.7. The molecule has 2 aromatic rings. The predicted octanol–water partition coefficient (Wildman–Crippen LogP) is 4.25. The lowest BCUT2D eigenvalue weighted by atomic mass is 10.0. The van der Waals surface area contributed by atoms with Gasteiger partial charge in [-0.1, -0.05) is 32.0 Å². The maximum Gasteiger partial charge on any atom is 0.356 e. The molecular weight excluding hydrogens is 258 g/mol. The average molecular weight is 275 g/mol. The van der Waals surface area contributed by atoms with Crippen molar-refractivity contribution in [2.45, 2.75) is 33.6 Å². The zero-order chi connectivity index (χ0) is 14.2. The molecule has 2 rings (SSSR count). The van der Waals surface area contributed by atoms with Gasteiger partial charge in [-0.15, -0.1) is 11.3 Å². The first-order valence-corrected chi connectivity index (χ1v) is 7.04. The molecule has 4 heteroatoms. The number of rotatable bonds is 3.